The van der Waals surface area contributed by atoms with Crippen LogP contribution in [0.25, 0.3) is 0 Å². The van der Waals surface area contributed by atoms with E-state index in [1.807, 2.05) is 11.8 Å². The fraction of sp³-hybridized carbons (Fsp3) is 0.417. The molecule has 1 aromatic rings. The molecule has 4 N–H and O–H groups in total. The van der Waals surface area contributed by atoms with Gasteiger partial charge in [-0.05, 0) is 43.4 Å². The Hall–Kier alpha value is -1.36. The van der Waals surface area contributed by atoms with E-state index in [9.17, 15) is 4.79 Å². The number of amides is 2. The molecule has 1 fully saturated rings. The van der Waals surface area contributed by atoms with Crippen molar-refractivity contribution in [2.75, 3.05) is 23.9 Å². The molecule has 1 aliphatic rings. The highest BCUT2D eigenvalue weighted by molar-refractivity contribution is 8.00. The maximum atomic E-state index is 11.6. The predicted octanol–water partition coefficient (Wildman–Crippen LogP) is 2.29. The lowest BCUT2D eigenvalue weighted by Crippen LogP contribution is -2.35. The van der Waals surface area contributed by atoms with E-state index in [1.54, 1.807) is 24.3 Å². The highest BCUT2D eigenvalue weighted by Crippen LogP contribution is 2.46. The lowest BCUT2D eigenvalue weighted by atomic mass is 10.3. The van der Waals surface area contributed by atoms with Gasteiger partial charge in [-0.1, -0.05) is 0 Å². The number of nitrogens with two attached hydrogens (primary N) is 1. The Labute approximate surface area is 105 Å². The lowest BCUT2D eigenvalue weighted by molar-refractivity contribution is 0.252. The Bertz CT molecular complexity index is 401. The summed E-state index contributed by atoms with van der Waals surface area (Å²) in [5.74, 6) is 0. The summed E-state index contributed by atoms with van der Waals surface area (Å²) < 4.78 is 0.290. The van der Waals surface area contributed by atoms with Crippen LogP contribution in [-0.2, 0) is 0 Å². The average molecular weight is 251 g/mol. The molecule has 1 saturated carbocycles. The number of benzene rings is 1. The van der Waals surface area contributed by atoms with Crippen molar-refractivity contribution in [1.82, 2.24) is 5.32 Å². The minimum absolute atomic E-state index is 0.157. The molecule has 0 spiro atoms. The number of nitrogens with one attached hydrogen (secondary N) is 2. The van der Waals surface area contributed by atoms with Crippen molar-refractivity contribution >= 4 is 29.2 Å². The van der Waals surface area contributed by atoms with Crippen LogP contribution in [0.4, 0.5) is 16.2 Å². The molecule has 17 heavy (non-hydrogen) atoms. The van der Waals surface area contributed by atoms with Gasteiger partial charge in [0.25, 0.3) is 0 Å². The monoisotopic (exact) mass is 251 g/mol. The predicted molar refractivity (Wildman–Crippen MR) is 73.4 cm³/mol. The number of carbonyl (C=O) groups is 1. The SMILES string of the molecule is CSC1(CNC(=O)Nc2ccc(N)cc2)CC1. The quantitative estimate of drug-likeness (QED) is 0.719. The second-order valence-electron chi connectivity index (χ2n) is 4.32. The van der Waals surface area contributed by atoms with Crippen molar-refractivity contribution in [1.29, 1.82) is 0 Å². The molecule has 0 unspecified atom stereocenters. The summed E-state index contributed by atoms with van der Waals surface area (Å²) >= 11 is 1.83. The van der Waals surface area contributed by atoms with E-state index in [4.69, 9.17) is 5.73 Å². The number of anilines is 2. The molecule has 1 aliphatic carbocycles. The normalized spacial score (nSPS) is 16.3. The first-order chi connectivity index (χ1) is 8.13. The molecule has 5 heteroatoms. The van der Waals surface area contributed by atoms with E-state index in [1.165, 1.54) is 12.8 Å². The van der Waals surface area contributed by atoms with Gasteiger partial charge in [0.15, 0.2) is 0 Å². The Kier molecular flexibility index (Phi) is 3.47. The van der Waals surface area contributed by atoms with Gasteiger partial charge in [0.1, 0.15) is 0 Å². The van der Waals surface area contributed by atoms with Crippen LogP contribution in [0.5, 0.6) is 0 Å². The summed E-state index contributed by atoms with van der Waals surface area (Å²) in [6.07, 6.45) is 4.47. The highest BCUT2D eigenvalue weighted by Gasteiger charge is 2.41. The molecule has 0 heterocycles. The largest absolute Gasteiger partial charge is 0.399 e. The van der Waals surface area contributed by atoms with Gasteiger partial charge in [0.2, 0.25) is 0 Å². The fourth-order valence-corrected chi connectivity index (χ4v) is 2.30. The third kappa shape index (κ3) is 3.30. The van der Waals surface area contributed by atoms with Crippen molar-refractivity contribution in [3.05, 3.63) is 24.3 Å². The Balaban J connectivity index is 1.79. The van der Waals surface area contributed by atoms with Crippen molar-refractivity contribution in [2.24, 2.45) is 0 Å². The maximum Gasteiger partial charge on any atom is 0.319 e. The van der Waals surface area contributed by atoms with Gasteiger partial charge in [0, 0.05) is 22.7 Å². The van der Waals surface area contributed by atoms with Crippen molar-refractivity contribution in [2.45, 2.75) is 17.6 Å². The summed E-state index contributed by atoms with van der Waals surface area (Å²) in [6, 6.07) is 6.95. The molecular formula is C12H17N3OS. The Morgan fingerprint density at radius 3 is 2.59 bits per heavy atom. The lowest BCUT2D eigenvalue weighted by Gasteiger charge is -2.13. The molecule has 1 aromatic carbocycles. The van der Waals surface area contributed by atoms with E-state index < -0.39 is 0 Å². The van der Waals surface area contributed by atoms with Crippen LogP contribution < -0.4 is 16.4 Å². The summed E-state index contributed by atoms with van der Waals surface area (Å²) in [5.41, 5.74) is 7.01. The van der Waals surface area contributed by atoms with Crippen LogP contribution in [0, 0.1) is 0 Å². The number of urea groups is 1. The molecule has 0 bridgehead atoms. The van der Waals surface area contributed by atoms with Crippen molar-refractivity contribution < 1.29 is 4.79 Å². The number of thioether (sulfide) groups is 1. The topological polar surface area (TPSA) is 67.2 Å². The van der Waals surface area contributed by atoms with Crippen LogP contribution in [0.15, 0.2) is 24.3 Å². The second kappa shape index (κ2) is 4.87. The first-order valence-electron chi connectivity index (χ1n) is 5.59. The minimum atomic E-state index is -0.157. The zero-order valence-electron chi connectivity index (χ0n) is 9.82. The fourth-order valence-electron chi connectivity index (χ4n) is 1.58. The molecule has 0 atom stereocenters. The highest BCUT2D eigenvalue weighted by atomic mass is 32.2. The van der Waals surface area contributed by atoms with Crippen LogP contribution >= 0.6 is 11.8 Å². The third-order valence-electron chi connectivity index (χ3n) is 2.98. The number of hydrogen-bond donors (Lipinski definition) is 3. The molecule has 0 aromatic heterocycles. The molecule has 92 valence electrons. The number of carbonyl (C=O) groups excluding carboxylic acids is 1. The smallest absolute Gasteiger partial charge is 0.319 e. The third-order valence-corrected chi connectivity index (χ3v) is 4.40. The molecule has 0 aliphatic heterocycles. The van der Waals surface area contributed by atoms with Crippen molar-refractivity contribution in [3.63, 3.8) is 0 Å². The number of hydrogen-bond acceptors (Lipinski definition) is 3. The summed E-state index contributed by atoms with van der Waals surface area (Å²) in [4.78, 5) is 11.6. The second-order valence-corrected chi connectivity index (χ2v) is 5.59. The van der Waals surface area contributed by atoms with Gasteiger partial charge >= 0.3 is 6.03 Å². The van der Waals surface area contributed by atoms with Gasteiger partial charge < -0.3 is 16.4 Å². The Morgan fingerprint density at radius 2 is 2.06 bits per heavy atom. The first-order valence-corrected chi connectivity index (χ1v) is 6.82. The van der Waals surface area contributed by atoms with Gasteiger partial charge in [-0.2, -0.15) is 11.8 Å². The summed E-state index contributed by atoms with van der Waals surface area (Å²) in [6.45, 7) is 0.731. The molecule has 4 nitrogen and oxygen atoms in total. The van der Waals surface area contributed by atoms with Crippen molar-refractivity contribution in [3.8, 4) is 0 Å². The zero-order chi connectivity index (χ0) is 12.3. The van der Waals surface area contributed by atoms with E-state index in [-0.39, 0.29) is 6.03 Å². The van der Waals surface area contributed by atoms with Gasteiger partial charge in [0.05, 0.1) is 0 Å². The van der Waals surface area contributed by atoms with E-state index >= 15 is 0 Å². The van der Waals surface area contributed by atoms with Crippen LogP contribution in [0.1, 0.15) is 12.8 Å². The molecule has 0 radical (unpaired) electrons. The standard InChI is InChI=1S/C12H17N3OS/c1-17-12(6-7-12)8-14-11(16)15-10-4-2-9(13)3-5-10/h2-5H,6-8,13H2,1H3,(H2,14,15,16). The Morgan fingerprint density at radius 1 is 1.41 bits per heavy atom. The molecule has 0 saturated heterocycles. The number of nitrogen functional groups attached to an aromatic ring is 1. The van der Waals surface area contributed by atoms with Gasteiger partial charge in [-0.15, -0.1) is 0 Å². The maximum absolute atomic E-state index is 11.6. The summed E-state index contributed by atoms with van der Waals surface area (Å²) in [7, 11) is 0. The first kappa shape index (κ1) is 12.1. The average Bonchev–Trinajstić information content (AvgIpc) is 3.10. The van der Waals surface area contributed by atoms with Crippen LogP contribution in [-0.4, -0.2) is 23.6 Å². The van der Waals surface area contributed by atoms with E-state index in [0.29, 0.717) is 10.4 Å². The van der Waals surface area contributed by atoms with Crippen LogP contribution in [0.3, 0.4) is 0 Å². The van der Waals surface area contributed by atoms with E-state index in [2.05, 4.69) is 16.9 Å². The summed E-state index contributed by atoms with van der Waals surface area (Å²) in [5, 5.41) is 5.68. The number of rotatable bonds is 4. The van der Waals surface area contributed by atoms with E-state index in [0.717, 1.165) is 12.2 Å². The van der Waals surface area contributed by atoms with Gasteiger partial charge in [-0.25, -0.2) is 4.79 Å². The molecule has 2 amide bonds. The molecular weight excluding hydrogens is 234 g/mol. The van der Waals surface area contributed by atoms with Gasteiger partial charge in [-0.3, -0.25) is 0 Å². The molecule has 2 rings (SSSR count). The zero-order valence-corrected chi connectivity index (χ0v) is 10.6. The minimum Gasteiger partial charge on any atom is -0.399 e. The van der Waals surface area contributed by atoms with Crippen LogP contribution in [0.2, 0.25) is 0 Å².